The van der Waals surface area contributed by atoms with Crippen molar-refractivity contribution < 1.29 is 14.0 Å². The van der Waals surface area contributed by atoms with Crippen LogP contribution in [0.2, 0.25) is 0 Å². The Morgan fingerprint density at radius 1 is 1.15 bits per heavy atom. The SMILES string of the molecule is CCCCP(=O)(CCCC)Oc1ccccc1[N+](=O)[O-]. The van der Waals surface area contributed by atoms with E-state index in [9.17, 15) is 14.7 Å². The van der Waals surface area contributed by atoms with Gasteiger partial charge in [-0.15, -0.1) is 0 Å². The van der Waals surface area contributed by atoms with Crippen LogP contribution in [0.4, 0.5) is 5.69 Å². The Balaban J connectivity index is 2.94. The summed E-state index contributed by atoms with van der Waals surface area (Å²) in [5, 5.41) is 11.0. The number of hydrogen-bond acceptors (Lipinski definition) is 4. The van der Waals surface area contributed by atoms with E-state index in [1.54, 1.807) is 12.1 Å². The molecule has 5 nitrogen and oxygen atoms in total. The van der Waals surface area contributed by atoms with E-state index in [4.69, 9.17) is 4.52 Å². The first-order valence-electron chi connectivity index (χ1n) is 7.03. The standard InChI is InChI=1S/C14H22NO4P/c1-3-5-11-20(18,12-6-4-2)19-14-10-8-7-9-13(14)15(16)17/h7-10H,3-6,11-12H2,1-2H3. The fourth-order valence-electron chi connectivity index (χ4n) is 1.87. The van der Waals surface area contributed by atoms with Gasteiger partial charge in [0.1, 0.15) is 0 Å². The highest BCUT2D eigenvalue weighted by molar-refractivity contribution is 7.59. The normalized spacial score (nSPS) is 11.3. The van der Waals surface area contributed by atoms with Gasteiger partial charge in [-0.05, 0) is 18.9 Å². The number of benzene rings is 1. The maximum atomic E-state index is 12.8. The van der Waals surface area contributed by atoms with E-state index in [1.165, 1.54) is 12.1 Å². The lowest BCUT2D eigenvalue weighted by Crippen LogP contribution is -2.04. The van der Waals surface area contributed by atoms with Gasteiger partial charge in [0.15, 0.2) is 0 Å². The van der Waals surface area contributed by atoms with Crippen LogP contribution >= 0.6 is 7.37 Å². The molecule has 0 N–H and O–H groups in total. The molecule has 6 heteroatoms. The molecule has 0 saturated heterocycles. The average molecular weight is 299 g/mol. The van der Waals surface area contributed by atoms with Crippen molar-refractivity contribution in [2.24, 2.45) is 0 Å². The summed E-state index contributed by atoms with van der Waals surface area (Å²) in [6, 6.07) is 6.13. The van der Waals surface area contributed by atoms with E-state index in [1.807, 2.05) is 13.8 Å². The quantitative estimate of drug-likeness (QED) is 0.371. The molecule has 0 amide bonds. The second-order valence-electron chi connectivity index (χ2n) is 4.78. The summed E-state index contributed by atoms with van der Waals surface area (Å²) in [7, 11) is -2.85. The molecule has 0 saturated carbocycles. The van der Waals surface area contributed by atoms with Gasteiger partial charge in [-0.3, -0.25) is 14.7 Å². The molecule has 0 aliphatic rings. The molecule has 0 atom stereocenters. The van der Waals surface area contributed by atoms with Gasteiger partial charge in [0.05, 0.1) is 4.92 Å². The third-order valence-corrected chi connectivity index (χ3v) is 5.56. The fraction of sp³-hybridized carbons (Fsp3) is 0.571. The van der Waals surface area contributed by atoms with Crippen molar-refractivity contribution in [3.05, 3.63) is 34.4 Å². The van der Waals surface area contributed by atoms with Gasteiger partial charge in [0.2, 0.25) is 13.1 Å². The number of nitrogens with zero attached hydrogens (tertiary/aromatic N) is 1. The van der Waals surface area contributed by atoms with Crippen molar-refractivity contribution in [1.82, 2.24) is 0 Å². The zero-order chi connectivity index (χ0) is 15.0. The largest absolute Gasteiger partial charge is 0.436 e. The Morgan fingerprint density at radius 3 is 2.20 bits per heavy atom. The van der Waals surface area contributed by atoms with E-state index in [0.717, 1.165) is 25.7 Å². The first kappa shape index (κ1) is 16.7. The van der Waals surface area contributed by atoms with Crippen LogP contribution in [0, 0.1) is 10.1 Å². The van der Waals surface area contributed by atoms with Crippen molar-refractivity contribution in [2.45, 2.75) is 39.5 Å². The summed E-state index contributed by atoms with van der Waals surface area (Å²) >= 11 is 0. The van der Waals surface area contributed by atoms with Crippen LogP contribution in [-0.4, -0.2) is 17.2 Å². The van der Waals surface area contributed by atoms with Crippen LogP contribution in [-0.2, 0) is 4.57 Å². The average Bonchev–Trinajstić information content (AvgIpc) is 2.43. The summed E-state index contributed by atoms with van der Waals surface area (Å²) < 4.78 is 18.4. The van der Waals surface area contributed by atoms with Gasteiger partial charge in [-0.25, -0.2) is 0 Å². The summed E-state index contributed by atoms with van der Waals surface area (Å²) in [4.78, 5) is 10.5. The minimum absolute atomic E-state index is 0.119. The van der Waals surface area contributed by atoms with E-state index in [-0.39, 0.29) is 11.4 Å². The van der Waals surface area contributed by atoms with E-state index in [0.29, 0.717) is 12.3 Å². The summed E-state index contributed by atoms with van der Waals surface area (Å²) in [6.45, 7) is 4.05. The molecule has 0 unspecified atom stereocenters. The summed E-state index contributed by atoms with van der Waals surface area (Å²) in [5.74, 6) is 0.119. The minimum atomic E-state index is -2.85. The van der Waals surface area contributed by atoms with Gasteiger partial charge in [-0.2, -0.15) is 0 Å². The van der Waals surface area contributed by atoms with Crippen LogP contribution in [0.25, 0.3) is 0 Å². The minimum Gasteiger partial charge on any atom is -0.436 e. The third-order valence-electron chi connectivity index (χ3n) is 3.03. The molecular weight excluding hydrogens is 277 g/mol. The molecule has 0 spiro atoms. The number of nitro groups is 1. The first-order valence-corrected chi connectivity index (χ1v) is 9.03. The van der Waals surface area contributed by atoms with Crippen LogP contribution in [0.1, 0.15) is 39.5 Å². The second kappa shape index (κ2) is 8.05. The highest BCUT2D eigenvalue weighted by Gasteiger charge is 2.26. The molecule has 0 aliphatic heterocycles. The molecule has 1 aromatic carbocycles. The van der Waals surface area contributed by atoms with Gasteiger partial charge in [-0.1, -0.05) is 38.8 Å². The Bertz CT molecular complexity index is 478. The lowest BCUT2D eigenvalue weighted by Gasteiger charge is -2.19. The first-order chi connectivity index (χ1) is 9.52. The van der Waals surface area contributed by atoms with E-state index in [2.05, 4.69) is 0 Å². The smallest absolute Gasteiger partial charge is 0.311 e. The highest BCUT2D eigenvalue weighted by Crippen LogP contribution is 2.50. The molecule has 20 heavy (non-hydrogen) atoms. The monoisotopic (exact) mass is 299 g/mol. The lowest BCUT2D eigenvalue weighted by molar-refractivity contribution is -0.385. The number of rotatable bonds is 9. The Kier molecular flexibility index (Phi) is 6.73. The second-order valence-corrected chi connectivity index (χ2v) is 7.49. The van der Waals surface area contributed by atoms with Crippen molar-refractivity contribution >= 4 is 13.1 Å². The molecule has 112 valence electrons. The maximum absolute atomic E-state index is 12.8. The van der Waals surface area contributed by atoms with Crippen molar-refractivity contribution in [2.75, 3.05) is 12.3 Å². The third kappa shape index (κ3) is 4.97. The maximum Gasteiger partial charge on any atom is 0.311 e. The van der Waals surface area contributed by atoms with Crippen LogP contribution < -0.4 is 4.52 Å². The van der Waals surface area contributed by atoms with E-state index >= 15 is 0 Å². The summed E-state index contributed by atoms with van der Waals surface area (Å²) in [5.41, 5.74) is -0.124. The van der Waals surface area contributed by atoms with Crippen LogP contribution in [0.3, 0.4) is 0 Å². The zero-order valence-corrected chi connectivity index (χ0v) is 13.0. The van der Waals surface area contributed by atoms with Crippen molar-refractivity contribution in [3.8, 4) is 5.75 Å². The molecule has 1 aromatic rings. The van der Waals surface area contributed by atoms with E-state index < -0.39 is 12.3 Å². The number of para-hydroxylation sites is 2. The molecule has 0 aliphatic carbocycles. The van der Waals surface area contributed by atoms with Crippen molar-refractivity contribution in [1.29, 1.82) is 0 Å². The molecule has 0 bridgehead atoms. The Morgan fingerprint density at radius 2 is 1.70 bits per heavy atom. The van der Waals surface area contributed by atoms with Gasteiger partial charge in [0.25, 0.3) is 0 Å². The zero-order valence-electron chi connectivity index (χ0n) is 12.1. The molecule has 0 fully saturated rings. The number of unbranched alkanes of at least 4 members (excludes halogenated alkanes) is 2. The highest BCUT2D eigenvalue weighted by atomic mass is 31.2. The number of nitro benzene ring substituents is 1. The van der Waals surface area contributed by atoms with Gasteiger partial charge in [0, 0.05) is 18.4 Å². The Labute approximate surface area is 119 Å². The molecule has 0 heterocycles. The Hall–Kier alpha value is -1.35. The topological polar surface area (TPSA) is 69.4 Å². The molecule has 1 rings (SSSR count). The van der Waals surface area contributed by atoms with Gasteiger partial charge < -0.3 is 4.52 Å². The lowest BCUT2D eigenvalue weighted by atomic mass is 10.3. The number of hydrogen-bond donors (Lipinski definition) is 0. The summed E-state index contributed by atoms with van der Waals surface area (Å²) in [6.07, 6.45) is 4.43. The fourth-order valence-corrected chi connectivity index (χ4v) is 4.38. The predicted octanol–water partition coefficient (Wildman–Crippen LogP) is 4.85. The molecule has 0 radical (unpaired) electrons. The molecular formula is C14H22NO4P. The van der Waals surface area contributed by atoms with Crippen molar-refractivity contribution in [3.63, 3.8) is 0 Å². The predicted molar refractivity (Wildman–Crippen MR) is 80.9 cm³/mol. The van der Waals surface area contributed by atoms with Crippen LogP contribution in [0.15, 0.2) is 24.3 Å². The van der Waals surface area contributed by atoms with Crippen LogP contribution in [0.5, 0.6) is 5.75 Å². The molecule has 0 aromatic heterocycles. The van der Waals surface area contributed by atoms with Gasteiger partial charge >= 0.3 is 5.69 Å².